The topological polar surface area (TPSA) is 71.3 Å². The molecule has 0 saturated carbocycles. The molecule has 25 heavy (non-hydrogen) atoms. The number of nitrogens with one attached hydrogen (secondary N) is 1. The van der Waals surface area contributed by atoms with Crippen LogP contribution in [0.2, 0.25) is 0 Å². The number of ether oxygens (including phenoxy) is 2. The van der Waals surface area contributed by atoms with E-state index in [9.17, 15) is 10.1 Å². The highest BCUT2D eigenvalue weighted by molar-refractivity contribution is 6.04. The Kier molecular flexibility index (Phi) is 5.32. The van der Waals surface area contributed by atoms with Crippen LogP contribution in [0.15, 0.2) is 42.0 Å². The summed E-state index contributed by atoms with van der Waals surface area (Å²) in [5.41, 5.74) is 0.883. The standard InChI is InChI=1S/C20H20N2O3/c1-24-19-9-8-14(17-6-2-3-7-18(17)19)11-15(12-21)20(23)22-13-16-5-4-10-25-16/h2-3,6-9,11,16H,4-5,10,13H2,1H3,(H,22,23)/b15-11+/t16-/m1/s1. The third-order valence-corrected chi connectivity index (χ3v) is 4.32. The van der Waals surface area contributed by atoms with Crippen molar-refractivity contribution in [1.29, 1.82) is 5.26 Å². The Labute approximate surface area is 146 Å². The van der Waals surface area contributed by atoms with Gasteiger partial charge in [0.15, 0.2) is 0 Å². The fourth-order valence-corrected chi connectivity index (χ4v) is 3.01. The van der Waals surface area contributed by atoms with Crippen molar-refractivity contribution in [2.45, 2.75) is 18.9 Å². The number of benzene rings is 2. The van der Waals surface area contributed by atoms with E-state index < -0.39 is 0 Å². The van der Waals surface area contributed by atoms with Crippen LogP contribution in [0, 0.1) is 11.3 Å². The van der Waals surface area contributed by atoms with Crippen molar-refractivity contribution in [1.82, 2.24) is 5.32 Å². The van der Waals surface area contributed by atoms with E-state index in [-0.39, 0.29) is 17.6 Å². The summed E-state index contributed by atoms with van der Waals surface area (Å²) in [4.78, 5) is 12.3. The van der Waals surface area contributed by atoms with Gasteiger partial charge in [0.1, 0.15) is 17.4 Å². The predicted octanol–water partition coefficient (Wildman–Crippen LogP) is 3.05. The Hall–Kier alpha value is -2.84. The first-order valence-corrected chi connectivity index (χ1v) is 8.30. The number of fused-ring (bicyclic) bond motifs is 1. The molecule has 0 aliphatic carbocycles. The Balaban J connectivity index is 1.85. The van der Waals surface area contributed by atoms with E-state index in [0.29, 0.717) is 6.54 Å². The van der Waals surface area contributed by atoms with Crippen molar-refractivity contribution in [3.63, 3.8) is 0 Å². The van der Waals surface area contributed by atoms with E-state index in [0.717, 1.165) is 41.5 Å². The Morgan fingerprint density at radius 2 is 2.16 bits per heavy atom. The average Bonchev–Trinajstić information content (AvgIpc) is 3.17. The number of carbonyl (C=O) groups excluding carboxylic acids is 1. The number of carbonyl (C=O) groups is 1. The normalized spacial score (nSPS) is 17.3. The first-order valence-electron chi connectivity index (χ1n) is 8.30. The smallest absolute Gasteiger partial charge is 0.262 e. The summed E-state index contributed by atoms with van der Waals surface area (Å²) in [6.07, 6.45) is 3.62. The van der Waals surface area contributed by atoms with Crippen molar-refractivity contribution in [2.75, 3.05) is 20.3 Å². The van der Waals surface area contributed by atoms with Crippen LogP contribution in [0.1, 0.15) is 18.4 Å². The third kappa shape index (κ3) is 3.81. The van der Waals surface area contributed by atoms with Crippen molar-refractivity contribution < 1.29 is 14.3 Å². The minimum Gasteiger partial charge on any atom is -0.496 e. The summed E-state index contributed by atoms with van der Waals surface area (Å²) < 4.78 is 10.9. The lowest BCUT2D eigenvalue weighted by atomic mass is 10.0. The first kappa shape index (κ1) is 17.0. The van der Waals surface area contributed by atoms with E-state index in [1.807, 2.05) is 42.5 Å². The van der Waals surface area contributed by atoms with Crippen LogP contribution in [0.5, 0.6) is 5.75 Å². The zero-order valence-electron chi connectivity index (χ0n) is 14.1. The molecular formula is C20H20N2O3. The maximum Gasteiger partial charge on any atom is 0.262 e. The lowest BCUT2D eigenvalue weighted by Crippen LogP contribution is -2.32. The molecule has 0 unspecified atom stereocenters. The zero-order valence-corrected chi connectivity index (χ0v) is 14.1. The number of methoxy groups -OCH3 is 1. The van der Waals surface area contributed by atoms with Crippen LogP contribution in [0.25, 0.3) is 16.8 Å². The minimum absolute atomic E-state index is 0.0470. The van der Waals surface area contributed by atoms with Gasteiger partial charge in [-0.1, -0.05) is 30.3 Å². The molecule has 1 aliphatic rings. The SMILES string of the molecule is COc1ccc(/C=C(\C#N)C(=O)NC[C@H]2CCCO2)c2ccccc12. The van der Waals surface area contributed by atoms with E-state index in [2.05, 4.69) is 5.32 Å². The molecule has 1 atom stereocenters. The predicted molar refractivity (Wildman–Crippen MR) is 96.1 cm³/mol. The second-order valence-corrected chi connectivity index (χ2v) is 5.92. The monoisotopic (exact) mass is 336 g/mol. The van der Waals surface area contributed by atoms with Crippen LogP contribution in [-0.2, 0) is 9.53 Å². The van der Waals surface area contributed by atoms with Gasteiger partial charge in [0.05, 0.1) is 13.2 Å². The van der Waals surface area contributed by atoms with Crippen molar-refractivity contribution in [3.8, 4) is 11.8 Å². The van der Waals surface area contributed by atoms with Gasteiger partial charge in [0.2, 0.25) is 0 Å². The van der Waals surface area contributed by atoms with E-state index >= 15 is 0 Å². The highest BCUT2D eigenvalue weighted by atomic mass is 16.5. The summed E-state index contributed by atoms with van der Waals surface area (Å²) in [7, 11) is 1.62. The molecule has 0 bridgehead atoms. The summed E-state index contributed by atoms with van der Waals surface area (Å²) in [5.74, 6) is 0.381. The van der Waals surface area contributed by atoms with Crippen LogP contribution in [-0.4, -0.2) is 32.3 Å². The van der Waals surface area contributed by atoms with Crippen molar-refractivity contribution in [3.05, 3.63) is 47.5 Å². The second kappa shape index (κ2) is 7.82. The zero-order chi connectivity index (χ0) is 17.6. The summed E-state index contributed by atoms with van der Waals surface area (Å²) in [5, 5.41) is 14.0. The summed E-state index contributed by atoms with van der Waals surface area (Å²) >= 11 is 0. The largest absolute Gasteiger partial charge is 0.496 e. The number of rotatable bonds is 5. The molecule has 5 heteroatoms. The number of hydrogen-bond acceptors (Lipinski definition) is 4. The van der Waals surface area contributed by atoms with E-state index in [1.165, 1.54) is 0 Å². The molecule has 0 spiro atoms. The molecule has 0 radical (unpaired) electrons. The number of hydrogen-bond donors (Lipinski definition) is 1. The van der Waals surface area contributed by atoms with E-state index in [4.69, 9.17) is 9.47 Å². The molecule has 1 heterocycles. The molecule has 5 nitrogen and oxygen atoms in total. The molecule has 2 aromatic rings. The lowest BCUT2D eigenvalue weighted by Gasteiger charge is -2.11. The fraction of sp³-hybridized carbons (Fsp3) is 0.300. The molecule has 1 aliphatic heterocycles. The van der Waals surface area contributed by atoms with Gasteiger partial charge < -0.3 is 14.8 Å². The molecule has 1 fully saturated rings. The molecule has 2 aromatic carbocycles. The number of nitrogens with zero attached hydrogens (tertiary/aromatic N) is 1. The average molecular weight is 336 g/mol. The van der Waals surface area contributed by atoms with Gasteiger partial charge in [0.25, 0.3) is 5.91 Å². The molecular weight excluding hydrogens is 316 g/mol. The molecule has 1 amide bonds. The Bertz CT molecular complexity index is 846. The minimum atomic E-state index is -0.377. The molecule has 0 aromatic heterocycles. The third-order valence-electron chi connectivity index (χ3n) is 4.32. The van der Waals surface area contributed by atoms with Crippen molar-refractivity contribution in [2.24, 2.45) is 0 Å². The first-order chi connectivity index (χ1) is 12.2. The Morgan fingerprint density at radius 1 is 1.36 bits per heavy atom. The summed E-state index contributed by atoms with van der Waals surface area (Å²) in [6, 6.07) is 13.4. The van der Waals surface area contributed by atoms with Crippen LogP contribution in [0.3, 0.4) is 0 Å². The van der Waals surface area contributed by atoms with Gasteiger partial charge in [0, 0.05) is 18.5 Å². The lowest BCUT2D eigenvalue weighted by molar-refractivity contribution is -0.117. The fourth-order valence-electron chi connectivity index (χ4n) is 3.01. The van der Waals surface area contributed by atoms with Gasteiger partial charge in [-0.15, -0.1) is 0 Å². The van der Waals surface area contributed by atoms with Gasteiger partial charge in [-0.25, -0.2) is 0 Å². The quantitative estimate of drug-likeness (QED) is 0.673. The number of amides is 1. The van der Waals surface area contributed by atoms with Gasteiger partial charge in [-0.05, 0) is 35.9 Å². The van der Waals surface area contributed by atoms with Gasteiger partial charge >= 0.3 is 0 Å². The van der Waals surface area contributed by atoms with Crippen molar-refractivity contribution >= 4 is 22.8 Å². The highest BCUT2D eigenvalue weighted by Gasteiger charge is 2.18. The second-order valence-electron chi connectivity index (χ2n) is 5.92. The van der Waals surface area contributed by atoms with Crippen LogP contribution < -0.4 is 10.1 Å². The molecule has 128 valence electrons. The van der Waals surface area contributed by atoms with Crippen LogP contribution in [0.4, 0.5) is 0 Å². The van der Waals surface area contributed by atoms with Gasteiger partial charge in [-0.3, -0.25) is 4.79 Å². The summed E-state index contributed by atoms with van der Waals surface area (Å²) in [6.45, 7) is 1.17. The van der Waals surface area contributed by atoms with E-state index in [1.54, 1.807) is 13.2 Å². The molecule has 3 rings (SSSR count). The molecule has 1 saturated heterocycles. The number of nitriles is 1. The van der Waals surface area contributed by atoms with Gasteiger partial charge in [-0.2, -0.15) is 5.26 Å². The maximum absolute atomic E-state index is 12.3. The highest BCUT2D eigenvalue weighted by Crippen LogP contribution is 2.29. The molecule has 1 N–H and O–H groups in total. The maximum atomic E-state index is 12.3. The Morgan fingerprint density at radius 3 is 2.84 bits per heavy atom. The van der Waals surface area contributed by atoms with Crippen LogP contribution >= 0.6 is 0 Å².